The molecule has 23 heavy (non-hydrogen) atoms. The molecule has 0 aromatic carbocycles. The highest BCUT2D eigenvalue weighted by atomic mass is 32.2. The Morgan fingerprint density at radius 3 is 2.39 bits per heavy atom. The Morgan fingerprint density at radius 2 is 1.83 bits per heavy atom. The Morgan fingerprint density at radius 1 is 1.17 bits per heavy atom. The molecule has 0 saturated heterocycles. The maximum Gasteiger partial charge on any atom is 0.280 e. The first-order valence-electron chi connectivity index (χ1n) is 8.51. The minimum atomic E-state index is -3.58. The van der Waals surface area contributed by atoms with Gasteiger partial charge in [-0.05, 0) is 25.7 Å². The Bertz CT molecular complexity index is 631. The molecule has 7 nitrogen and oxygen atoms in total. The number of aryl methyl sites for hydroxylation is 1. The van der Waals surface area contributed by atoms with Crippen LogP contribution in [0.1, 0.15) is 69.5 Å². The van der Waals surface area contributed by atoms with Crippen molar-refractivity contribution in [2.75, 3.05) is 7.05 Å². The van der Waals surface area contributed by atoms with E-state index in [9.17, 15) is 8.42 Å². The lowest BCUT2D eigenvalue weighted by atomic mass is 9.96. The van der Waals surface area contributed by atoms with E-state index in [4.69, 9.17) is 4.52 Å². The number of hydrogen-bond donors (Lipinski definition) is 1. The summed E-state index contributed by atoms with van der Waals surface area (Å²) in [5.74, 6) is 0.930. The smallest absolute Gasteiger partial charge is 0.280 e. The molecule has 0 bridgehead atoms. The highest BCUT2D eigenvalue weighted by molar-refractivity contribution is 7.87. The van der Waals surface area contributed by atoms with Gasteiger partial charge >= 0.3 is 0 Å². The van der Waals surface area contributed by atoms with Crippen molar-refractivity contribution in [2.24, 2.45) is 0 Å². The molecule has 1 aromatic heterocycles. The number of nitrogens with zero attached hydrogens (tertiary/aromatic N) is 3. The second-order valence-electron chi connectivity index (χ2n) is 6.84. The number of aromatic nitrogens is 2. The van der Waals surface area contributed by atoms with Crippen LogP contribution in [0.5, 0.6) is 0 Å². The summed E-state index contributed by atoms with van der Waals surface area (Å²) >= 11 is 0. The van der Waals surface area contributed by atoms with Crippen LogP contribution in [0.25, 0.3) is 0 Å². The zero-order valence-electron chi connectivity index (χ0n) is 13.9. The van der Waals surface area contributed by atoms with Gasteiger partial charge in [-0.25, -0.2) is 0 Å². The molecule has 2 aliphatic carbocycles. The minimum absolute atomic E-state index is 0.0895. The molecule has 0 amide bonds. The Hall–Kier alpha value is -0.990. The summed E-state index contributed by atoms with van der Waals surface area (Å²) in [6.45, 7) is 1.72. The summed E-state index contributed by atoms with van der Waals surface area (Å²) in [4.78, 5) is 4.30. The molecule has 3 rings (SSSR count). The maximum atomic E-state index is 12.9. The first-order valence-corrected chi connectivity index (χ1v) is 9.95. The van der Waals surface area contributed by atoms with E-state index in [0.29, 0.717) is 24.6 Å². The summed E-state index contributed by atoms with van der Waals surface area (Å²) in [6, 6.07) is 0.0895. The van der Waals surface area contributed by atoms with Gasteiger partial charge in [-0.1, -0.05) is 37.3 Å². The van der Waals surface area contributed by atoms with Gasteiger partial charge in [0.15, 0.2) is 5.82 Å². The summed E-state index contributed by atoms with van der Waals surface area (Å²) in [6.07, 6.45) is 8.61. The van der Waals surface area contributed by atoms with E-state index in [-0.39, 0.29) is 6.04 Å². The lowest BCUT2D eigenvalue weighted by molar-refractivity contribution is 0.270. The van der Waals surface area contributed by atoms with E-state index in [0.717, 1.165) is 38.5 Å². The van der Waals surface area contributed by atoms with Crippen LogP contribution in [0.3, 0.4) is 0 Å². The second-order valence-corrected chi connectivity index (χ2v) is 8.57. The van der Waals surface area contributed by atoms with Crippen molar-refractivity contribution in [1.82, 2.24) is 19.2 Å². The molecule has 1 aromatic rings. The summed E-state index contributed by atoms with van der Waals surface area (Å²) in [5.41, 5.74) is -0.723. The molecule has 0 aliphatic heterocycles. The maximum absolute atomic E-state index is 12.9. The molecule has 1 heterocycles. The lowest BCUT2D eigenvalue weighted by Gasteiger charge is -2.34. The van der Waals surface area contributed by atoms with Crippen LogP contribution in [-0.2, 0) is 15.7 Å². The van der Waals surface area contributed by atoms with Crippen LogP contribution in [0.2, 0.25) is 0 Å². The van der Waals surface area contributed by atoms with Gasteiger partial charge in [0.05, 0.1) is 5.54 Å². The minimum Gasteiger partial charge on any atom is -0.340 e. The van der Waals surface area contributed by atoms with Gasteiger partial charge in [0.1, 0.15) is 0 Å². The summed E-state index contributed by atoms with van der Waals surface area (Å²) in [7, 11) is -1.90. The normalized spacial score (nSPS) is 22.7. The van der Waals surface area contributed by atoms with E-state index < -0.39 is 15.7 Å². The zero-order valence-corrected chi connectivity index (χ0v) is 14.7. The van der Waals surface area contributed by atoms with E-state index >= 15 is 0 Å². The molecule has 130 valence electrons. The molecule has 2 saturated carbocycles. The standard InChI is InChI=1S/C15H26N4O3S/c1-12-16-14(17-22-12)15(10-6-7-11-15)18-23(20,21)19(2)13-8-4-3-5-9-13/h13,18H,3-11H2,1-2H3. The largest absolute Gasteiger partial charge is 0.340 e. The average Bonchev–Trinajstić information content (AvgIpc) is 3.17. The van der Waals surface area contributed by atoms with Crippen molar-refractivity contribution in [3.05, 3.63) is 11.7 Å². The Balaban J connectivity index is 1.81. The van der Waals surface area contributed by atoms with Gasteiger partial charge in [0, 0.05) is 20.0 Å². The first-order chi connectivity index (χ1) is 10.9. The van der Waals surface area contributed by atoms with Crippen LogP contribution in [0.4, 0.5) is 0 Å². The molecule has 1 N–H and O–H groups in total. The van der Waals surface area contributed by atoms with E-state index in [1.165, 1.54) is 10.7 Å². The number of rotatable bonds is 5. The highest BCUT2D eigenvalue weighted by Gasteiger charge is 2.44. The summed E-state index contributed by atoms with van der Waals surface area (Å²) < 4.78 is 35.3. The van der Waals surface area contributed by atoms with Crippen LogP contribution >= 0.6 is 0 Å². The fraction of sp³-hybridized carbons (Fsp3) is 0.867. The number of hydrogen-bond acceptors (Lipinski definition) is 5. The molecular formula is C15H26N4O3S. The third-order valence-electron chi connectivity index (χ3n) is 5.21. The third-order valence-corrected chi connectivity index (χ3v) is 6.91. The van der Waals surface area contributed by atoms with E-state index in [2.05, 4.69) is 14.9 Å². The predicted octanol–water partition coefficient (Wildman–Crippen LogP) is 2.25. The van der Waals surface area contributed by atoms with Crippen molar-refractivity contribution in [3.63, 3.8) is 0 Å². The van der Waals surface area contributed by atoms with Crippen LogP contribution in [-0.4, -0.2) is 36.0 Å². The predicted molar refractivity (Wildman–Crippen MR) is 85.9 cm³/mol. The van der Waals surface area contributed by atoms with Gasteiger partial charge in [0.25, 0.3) is 10.2 Å². The molecule has 8 heteroatoms. The molecule has 0 unspecified atom stereocenters. The zero-order chi connectivity index (χ0) is 16.5. The van der Waals surface area contributed by atoms with Crippen molar-refractivity contribution >= 4 is 10.2 Å². The van der Waals surface area contributed by atoms with Crippen molar-refractivity contribution in [1.29, 1.82) is 0 Å². The monoisotopic (exact) mass is 342 g/mol. The van der Waals surface area contributed by atoms with Gasteiger partial charge in [-0.2, -0.15) is 22.4 Å². The van der Waals surface area contributed by atoms with Gasteiger partial charge in [-0.3, -0.25) is 0 Å². The Kier molecular flexibility index (Phi) is 4.75. The SMILES string of the molecule is Cc1nc(C2(NS(=O)(=O)N(C)C3CCCCC3)CCCC2)no1. The molecule has 0 spiro atoms. The lowest BCUT2D eigenvalue weighted by Crippen LogP contribution is -2.52. The third kappa shape index (κ3) is 3.44. The van der Waals surface area contributed by atoms with Crippen molar-refractivity contribution < 1.29 is 12.9 Å². The molecule has 0 atom stereocenters. The van der Waals surface area contributed by atoms with E-state index in [1.54, 1.807) is 14.0 Å². The van der Waals surface area contributed by atoms with Gasteiger partial charge in [0.2, 0.25) is 5.89 Å². The summed E-state index contributed by atoms with van der Waals surface area (Å²) in [5, 5.41) is 3.99. The topological polar surface area (TPSA) is 88.3 Å². The van der Waals surface area contributed by atoms with Gasteiger partial charge in [-0.15, -0.1) is 0 Å². The fourth-order valence-corrected chi connectivity index (χ4v) is 5.34. The van der Waals surface area contributed by atoms with Crippen molar-refractivity contribution in [2.45, 2.75) is 76.3 Å². The molecule has 0 radical (unpaired) electrons. The second kappa shape index (κ2) is 6.49. The van der Waals surface area contributed by atoms with Crippen molar-refractivity contribution in [3.8, 4) is 0 Å². The quantitative estimate of drug-likeness (QED) is 0.886. The Labute approximate surface area is 138 Å². The van der Waals surface area contributed by atoms with Crippen LogP contribution in [0.15, 0.2) is 4.52 Å². The van der Waals surface area contributed by atoms with E-state index in [1.807, 2.05) is 0 Å². The fourth-order valence-electron chi connectivity index (χ4n) is 3.80. The number of nitrogens with one attached hydrogen (secondary N) is 1. The van der Waals surface area contributed by atoms with Gasteiger partial charge < -0.3 is 4.52 Å². The molecular weight excluding hydrogens is 316 g/mol. The average molecular weight is 342 g/mol. The van der Waals surface area contributed by atoms with Crippen LogP contribution in [0, 0.1) is 6.92 Å². The van der Waals surface area contributed by atoms with Crippen LogP contribution < -0.4 is 4.72 Å². The molecule has 2 aliphatic rings. The highest BCUT2D eigenvalue weighted by Crippen LogP contribution is 2.38. The first kappa shape index (κ1) is 16.9. The molecule has 2 fully saturated rings.